The van der Waals surface area contributed by atoms with E-state index < -0.39 is 12.1 Å². The van der Waals surface area contributed by atoms with Crippen molar-refractivity contribution in [2.45, 2.75) is 31.0 Å². The third-order valence-corrected chi connectivity index (χ3v) is 5.05. The molecule has 27 heavy (non-hydrogen) atoms. The van der Waals surface area contributed by atoms with Crippen molar-refractivity contribution in [3.8, 4) is 11.5 Å². The van der Waals surface area contributed by atoms with Crippen LogP contribution in [0.4, 0.5) is 19.1 Å². The van der Waals surface area contributed by atoms with Crippen LogP contribution in [0.1, 0.15) is 30.7 Å². The van der Waals surface area contributed by atoms with Gasteiger partial charge in [-0.1, -0.05) is 28.1 Å². The number of benzene rings is 1. The maximum absolute atomic E-state index is 12.6. The Bertz CT molecular complexity index is 936. The van der Waals surface area contributed by atoms with Crippen molar-refractivity contribution in [2.75, 3.05) is 5.32 Å². The van der Waals surface area contributed by atoms with Gasteiger partial charge in [-0.25, -0.2) is 9.97 Å². The zero-order chi connectivity index (χ0) is 19.1. The maximum Gasteiger partial charge on any atom is 0.470 e. The van der Waals surface area contributed by atoms with Crippen molar-refractivity contribution in [2.24, 2.45) is 0 Å². The van der Waals surface area contributed by atoms with E-state index in [0.29, 0.717) is 5.95 Å². The molecule has 2 aromatic heterocycles. The average molecular weight is 440 g/mol. The van der Waals surface area contributed by atoms with Crippen molar-refractivity contribution < 1.29 is 17.6 Å². The van der Waals surface area contributed by atoms with Crippen LogP contribution < -0.4 is 5.32 Å². The van der Waals surface area contributed by atoms with E-state index in [1.807, 2.05) is 24.3 Å². The van der Waals surface area contributed by atoms with Crippen LogP contribution in [-0.2, 0) is 11.7 Å². The molecule has 0 radical (unpaired) electrons. The summed E-state index contributed by atoms with van der Waals surface area (Å²) in [5, 5.41) is 9.75. The summed E-state index contributed by atoms with van der Waals surface area (Å²) in [6.45, 7) is 0. The molecule has 0 bridgehead atoms. The monoisotopic (exact) mass is 439 g/mol. The molecule has 1 aromatic carbocycles. The second-order valence-corrected chi connectivity index (χ2v) is 7.19. The zero-order valence-electron chi connectivity index (χ0n) is 13.8. The van der Waals surface area contributed by atoms with Gasteiger partial charge in [0, 0.05) is 16.9 Å². The highest BCUT2D eigenvalue weighted by Crippen LogP contribution is 2.43. The van der Waals surface area contributed by atoms with E-state index in [1.165, 1.54) is 12.4 Å². The summed E-state index contributed by atoms with van der Waals surface area (Å²) in [5.41, 5.74) is 1.11. The van der Waals surface area contributed by atoms with E-state index in [4.69, 9.17) is 0 Å². The van der Waals surface area contributed by atoms with Crippen molar-refractivity contribution in [1.29, 1.82) is 0 Å². The van der Waals surface area contributed by atoms with Gasteiger partial charge >= 0.3 is 12.1 Å². The highest BCUT2D eigenvalue weighted by molar-refractivity contribution is 9.10. The van der Waals surface area contributed by atoms with Crippen LogP contribution in [0.15, 0.2) is 45.5 Å². The van der Waals surface area contributed by atoms with E-state index in [0.717, 1.165) is 29.3 Å². The molecule has 2 heterocycles. The molecule has 1 aliphatic rings. The summed E-state index contributed by atoms with van der Waals surface area (Å²) in [6.07, 6.45) is 1.00. The minimum absolute atomic E-state index is 0.217. The molecule has 0 aliphatic heterocycles. The van der Waals surface area contributed by atoms with Gasteiger partial charge in [-0.05, 0) is 37.0 Å². The lowest BCUT2D eigenvalue weighted by molar-refractivity contribution is -0.156. The van der Waals surface area contributed by atoms with E-state index in [-0.39, 0.29) is 17.0 Å². The molecule has 0 saturated heterocycles. The molecule has 0 unspecified atom stereocenters. The number of rotatable bonds is 4. The minimum Gasteiger partial charge on any atom is -0.413 e. The Hall–Kier alpha value is -2.49. The van der Waals surface area contributed by atoms with E-state index in [1.54, 1.807) is 0 Å². The summed E-state index contributed by atoms with van der Waals surface area (Å²) in [7, 11) is 0. The lowest BCUT2D eigenvalue weighted by atomic mass is 9.72. The van der Waals surface area contributed by atoms with Crippen LogP contribution in [0.3, 0.4) is 0 Å². The Labute approximate surface area is 160 Å². The molecule has 0 atom stereocenters. The Morgan fingerprint density at radius 2 is 1.70 bits per heavy atom. The van der Waals surface area contributed by atoms with Crippen molar-refractivity contribution >= 4 is 21.9 Å². The van der Waals surface area contributed by atoms with Crippen molar-refractivity contribution in [1.82, 2.24) is 20.2 Å². The fourth-order valence-electron chi connectivity index (χ4n) is 2.96. The quantitative estimate of drug-likeness (QED) is 0.628. The molecule has 1 fully saturated rings. The lowest BCUT2D eigenvalue weighted by Crippen LogP contribution is -2.42. The Balaban J connectivity index is 1.54. The third kappa shape index (κ3) is 3.53. The summed E-state index contributed by atoms with van der Waals surface area (Å²) in [4.78, 5) is 8.39. The zero-order valence-corrected chi connectivity index (χ0v) is 15.4. The third-order valence-electron chi connectivity index (χ3n) is 4.52. The largest absolute Gasteiger partial charge is 0.470 e. The van der Waals surface area contributed by atoms with Gasteiger partial charge < -0.3 is 9.73 Å². The molecule has 1 aliphatic carbocycles. The first-order valence-electron chi connectivity index (χ1n) is 8.13. The Morgan fingerprint density at radius 1 is 1.04 bits per heavy atom. The molecule has 0 spiro atoms. The number of aromatic nitrogens is 4. The second-order valence-electron chi connectivity index (χ2n) is 6.27. The normalized spacial score (nSPS) is 16.0. The maximum atomic E-state index is 12.6. The van der Waals surface area contributed by atoms with Crippen LogP contribution in [-0.4, -0.2) is 20.2 Å². The second kappa shape index (κ2) is 6.59. The smallest absolute Gasteiger partial charge is 0.413 e. The molecular weight excluding hydrogens is 427 g/mol. The van der Waals surface area contributed by atoms with Crippen molar-refractivity contribution in [3.05, 3.63) is 52.6 Å². The fraction of sp³-hybridized carbons (Fsp3) is 0.294. The van der Waals surface area contributed by atoms with Crippen LogP contribution in [0.25, 0.3) is 11.5 Å². The first-order chi connectivity index (χ1) is 12.9. The highest BCUT2D eigenvalue weighted by Gasteiger charge is 2.40. The fourth-order valence-corrected chi connectivity index (χ4v) is 3.22. The van der Waals surface area contributed by atoms with Crippen LogP contribution in [0.5, 0.6) is 0 Å². The van der Waals surface area contributed by atoms with Crippen LogP contribution in [0, 0.1) is 0 Å². The van der Waals surface area contributed by atoms with Gasteiger partial charge in [-0.3, -0.25) is 0 Å². The average Bonchev–Trinajstić information content (AvgIpc) is 3.10. The first-order valence-corrected chi connectivity index (χ1v) is 8.92. The summed E-state index contributed by atoms with van der Waals surface area (Å²) >= 11 is 3.43. The molecule has 10 heteroatoms. The lowest BCUT2D eigenvalue weighted by Gasteiger charge is -2.43. The van der Waals surface area contributed by atoms with E-state index in [2.05, 4.69) is 45.8 Å². The molecule has 140 valence electrons. The van der Waals surface area contributed by atoms with Gasteiger partial charge in [0.2, 0.25) is 5.95 Å². The number of nitrogens with zero attached hydrogens (tertiary/aromatic N) is 4. The number of halogens is 4. The highest BCUT2D eigenvalue weighted by atomic mass is 79.9. The van der Waals surface area contributed by atoms with Gasteiger partial charge in [0.25, 0.3) is 5.89 Å². The topological polar surface area (TPSA) is 76.7 Å². The summed E-state index contributed by atoms with van der Waals surface area (Å²) in [5.74, 6) is -1.29. The molecule has 3 aromatic rings. The van der Waals surface area contributed by atoms with E-state index >= 15 is 0 Å². The molecule has 4 rings (SSSR count). The number of alkyl halides is 3. The SMILES string of the molecule is FC(F)(F)c1nnc(-c2cnc(NC3(c4ccc(Br)cc4)CCC3)nc2)o1. The number of hydrogen-bond donors (Lipinski definition) is 1. The van der Waals surface area contributed by atoms with Gasteiger partial charge in [0.05, 0.1) is 11.1 Å². The molecule has 0 amide bonds. The number of anilines is 1. The van der Waals surface area contributed by atoms with Crippen molar-refractivity contribution in [3.63, 3.8) is 0 Å². The molecule has 1 saturated carbocycles. The summed E-state index contributed by atoms with van der Waals surface area (Å²) in [6, 6.07) is 8.05. The predicted molar refractivity (Wildman–Crippen MR) is 93.6 cm³/mol. The van der Waals surface area contributed by atoms with Gasteiger partial charge in [0.15, 0.2) is 0 Å². The summed E-state index contributed by atoms with van der Waals surface area (Å²) < 4.78 is 43.3. The van der Waals surface area contributed by atoms with Crippen LogP contribution in [0.2, 0.25) is 0 Å². The molecular formula is C17H13BrF3N5O. The van der Waals surface area contributed by atoms with E-state index in [9.17, 15) is 13.2 Å². The molecule has 6 nitrogen and oxygen atoms in total. The minimum atomic E-state index is -4.69. The molecule has 1 N–H and O–H groups in total. The predicted octanol–water partition coefficient (Wildman–Crippen LogP) is 4.80. The van der Waals surface area contributed by atoms with Gasteiger partial charge in [-0.15, -0.1) is 10.2 Å². The number of nitrogens with one attached hydrogen (secondary N) is 1. The van der Waals surface area contributed by atoms with Gasteiger partial charge in [0.1, 0.15) is 0 Å². The number of hydrogen-bond acceptors (Lipinski definition) is 6. The Morgan fingerprint density at radius 3 is 2.22 bits per heavy atom. The standard InChI is InChI=1S/C17H13BrF3N5O/c18-12-4-2-11(3-5-12)16(6-1-7-16)24-15-22-8-10(9-23-15)13-25-26-14(27-13)17(19,20)21/h2-5,8-9H,1,6-7H2,(H,22,23,24). The van der Waals surface area contributed by atoms with Gasteiger partial charge in [-0.2, -0.15) is 13.2 Å². The van der Waals surface area contributed by atoms with Crippen LogP contribution >= 0.6 is 15.9 Å². The Kier molecular flexibility index (Phi) is 4.37. The first kappa shape index (κ1) is 17.9.